The van der Waals surface area contributed by atoms with Gasteiger partial charge in [0.25, 0.3) is 0 Å². The minimum atomic E-state index is 0.229. The van der Waals surface area contributed by atoms with Gasteiger partial charge in [0.2, 0.25) is 5.91 Å². The molecule has 1 aliphatic heterocycles. The topological polar surface area (TPSA) is 63.9 Å². The van der Waals surface area contributed by atoms with Gasteiger partial charge in [0.15, 0.2) is 0 Å². The molecule has 110 valence electrons. The van der Waals surface area contributed by atoms with E-state index < -0.39 is 0 Å². The van der Waals surface area contributed by atoms with Gasteiger partial charge in [0.05, 0.1) is 12.1 Å². The second-order valence-electron chi connectivity index (χ2n) is 5.39. The fourth-order valence-electron chi connectivity index (χ4n) is 2.65. The number of likely N-dealkylation sites (tertiary alicyclic amines) is 1. The Balaban J connectivity index is 1.63. The van der Waals surface area contributed by atoms with Gasteiger partial charge in [0.1, 0.15) is 6.33 Å². The molecule has 6 nitrogen and oxygen atoms in total. The van der Waals surface area contributed by atoms with E-state index in [-0.39, 0.29) is 5.91 Å². The van der Waals surface area contributed by atoms with Crippen molar-refractivity contribution in [2.45, 2.75) is 32.1 Å². The molecule has 1 amide bonds. The molecule has 0 atom stereocenters. The van der Waals surface area contributed by atoms with Crippen molar-refractivity contribution in [2.75, 3.05) is 13.1 Å². The normalized spacial score (nSPS) is 15.7. The summed E-state index contributed by atoms with van der Waals surface area (Å²) in [4.78, 5) is 14.3. The summed E-state index contributed by atoms with van der Waals surface area (Å²) in [5.74, 6) is 0.229. The van der Waals surface area contributed by atoms with Crippen LogP contribution in [0.3, 0.4) is 0 Å². The number of carbonyl (C=O) groups is 1. The maximum absolute atomic E-state index is 12.3. The molecule has 1 aliphatic rings. The van der Waals surface area contributed by atoms with Crippen LogP contribution in [0.5, 0.6) is 0 Å². The van der Waals surface area contributed by atoms with Gasteiger partial charge < -0.3 is 4.90 Å². The van der Waals surface area contributed by atoms with Gasteiger partial charge in [0, 0.05) is 13.1 Å². The summed E-state index contributed by atoms with van der Waals surface area (Å²) in [6, 6.07) is 7.79. The Labute approximate surface area is 123 Å². The second-order valence-corrected chi connectivity index (χ2v) is 5.39. The van der Waals surface area contributed by atoms with Crippen LogP contribution >= 0.6 is 0 Å². The monoisotopic (exact) mass is 285 g/mol. The number of amides is 1. The van der Waals surface area contributed by atoms with E-state index in [2.05, 4.69) is 15.5 Å². The Hall–Kier alpha value is -2.24. The highest BCUT2D eigenvalue weighted by molar-refractivity contribution is 5.78. The smallest absolute Gasteiger partial charge is 0.226 e. The Morgan fingerprint density at radius 1 is 1.05 bits per heavy atom. The van der Waals surface area contributed by atoms with Crippen molar-refractivity contribution in [3.8, 4) is 5.69 Å². The van der Waals surface area contributed by atoms with Gasteiger partial charge in [-0.3, -0.25) is 4.79 Å². The van der Waals surface area contributed by atoms with Crippen molar-refractivity contribution in [1.29, 1.82) is 0 Å². The van der Waals surface area contributed by atoms with E-state index in [1.165, 1.54) is 12.8 Å². The minimum Gasteiger partial charge on any atom is -0.342 e. The number of tetrazole rings is 1. The maximum atomic E-state index is 12.3. The molecule has 1 aromatic carbocycles. The van der Waals surface area contributed by atoms with Gasteiger partial charge >= 0.3 is 0 Å². The van der Waals surface area contributed by atoms with E-state index in [0.717, 1.165) is 37.2 Å². The van der Waals surface area contributed by atoms with Crippen molar-refractivity contribution in [3.05, 3.63) is 36.2 Å². The van der Waals surface area contributed by atoms with Crippen LogP contribution in [0.2, 0.25) is 0 Å². The third-order valence-electron chi connectivity index (χ3n) is 3.86. The molecule has 0 radical (unpaired) electrons. The molecule has 1 aromatic heterocycles. The van der Waals surface area contributed by atoms with Crippen LogP contribution < -0.4 is 0 Å². The average molecular weight is 285 g/mol. The molecule has 0 N–H and O–H groups in total. The molecule has 2 aromatic rings. The zero-order valence-corrected chi connectivity index (χ0v) is 12.0. The number of carbonyl (C=O) groups excluding carboxylic acids is 1. The van der Waals surface area contributed by atoms with E-state index >= 15 is 0 Å². The first-order chi connectivity index (χ1) is 10.3. The first-order valence-electron chi connectivity index (χ1n) is 7.43. The lowest BCUT2D eigenvalue weighted by Crippen LogP contribution is -2.33. The van der Waals surface area contributed by atoms with E-state index in [4.69, 9.17) is 0 Å². The van der Waals surface area contributed by atoms with Crippen molar-refractivity contribution in [2.24, 2.45) is 0 Å². The first-order valence-corrected chi connectivity index (χ1v) is 7.43. The Bertz CT molecular complexity index is 571. The Morgan fingerprint density at radius 2 is 1.76 bits per heavy atom. The van der Waals surface area contributed by atoms with Crippen LogP contribution in [0, 0.1) is 0 Å². The van der Waals surface area contributed by atoms with Crippen molar-refractivity contribution >= 4 is 5.91 Å². The van der Waals surface area contributed by atoms with Crippen LogP contribution in [0.15, 0.2) is 30.6 Å². The predicted molar refractivity (Wildman–Crippen MR) is 77.9 cm³/mol. The summed E-state index contributed by atoms with van der Waals surface area (Å²) in [7, 11) is 0. The largest absolute Gasteiger partial charge is 0.342 e. The highest BCUT2D eigenvalue weighted by Gasteiger charge is 2.15. The van der Waals surface area contributed by atoms with Gasteiger partial charge in [-0.1, -0.05) is 25.0 Å². The number of aromatic nitrogens is 4. The number of benzene rings is 1. The Kier molecular flexibility index (Phi) is 4.23. The highest BCUT2D eigenvalue weighted by Crippen LogP contribution is 2.13. The molecule has 3 rings (SSSR count). The number of nitrogens with zero attached hydrogens (tertiary/aromatic N) is 5. The molecule has 0 spiro atoms. The third kappa shape index (κ3) is 3.45. The molecule has 21 heavy (non-hydrogen) atoms. The lowest BCUT2D eigenvalue weighted by atomic mass is 10.1. The summed E-state index contributed by atoms with van der Waals surface area (Å²) >= 11 is 0. The summed E-state index contributed by atoms with van der Waals surface area (Å²) in [6.45, 7) is 1.81. The maximum Gasteiger partial charge on any atom is 0.226 e. The van der Waals surface area contributed by atoms with Crippen LogP contribution in [-0.4, -0.2) is 44.1 Å². The van der Waals surface area contributed by atoms with E-state index in [9.17, 15) is 4.79 Å². The second kappa shape index (κ2) is 6.47. The number of hydrogen-bond acceptors (Lipinski definition) is 4. The SMILES string of the molecule is O=C(Cc1ccc(-n2cnnn2)cc1)N1CCCCCC1. The molecule has 0 aliphatic carbocycles. The fourth-order valence-corrected chi connectivity index (χ4v) is 2.65. The van der Waals surface area contributed by atoms with Crippen LogP contribution in [0.1, 0.15) is 31.2 Å². The lowest BCUT2D eigenvalue weighted by molar-refractivity contribution is -0.130. The summed E-state index contributed by atoms with van der Waals surface area (Å²) in [5.41, 5.74) is 1.92. The van der Waals surface area contributed by atoms with Crippen molar-refractivity contribution in [3.63, 3.8) is 0 Å². The molecular formula is C15H19N5O. The quantitative estimate of drug-likeness (QED) is 0.859. The Morgan fingerprint density at radius 3 is 2.38 bits per heavy atom. The van der Waals surface area contributed by atoms with E-state index in [1.54, 1.807) is 11.0 Å². The molecule has 0 unspecified atom stereocenters. The number of rotatable bonds is 3. The molecule has 0 bridgehead atoms. The minimum absolute atomic E-state index is 0.229. The van der Waals surface area contributed by atoms with E-state index in [0.29, 0.717) is 6.42 Å². The van der Waals surface area contributed by atoms with Gasteiger partial charge in [-0.2, -0.15) is 0 Å². The summed E-state index contributed by atoms with van der Waals surface area (Å²) < 4.78 is 1.60. The molecule has 1 fully saturated rings. The standard InChI is InChI=1S/C15H19N5O/c21-15(19-9-3-1-2-4-10-19)11-13-5-7-14(8-6-13)20-12-16-17-18-20/h5-8,12H,1-4,9-11H2. The fraction of sp³-hybridized carbons (Fsp3) is 0.467. The van der Waals surface area contributed by atoms with E-state index in [1.807, 2.05) is 29.2 Å². The van der Waals surface area contributed by atoms with Crippen molar-refractivity contribution < 1.29 is 4.79 Å². The van der Waals surface area contributed by atoms with Crippen LogP contribution in [0.4, 0.5) is 0 Å². The van der Waals surface area contributed by atoms with Crippen LogP contribution in [0.25, 0.3) is 5.69 Å². The third-order valence-corrected chi connectivity index (χ3v) is 3.86. The zero-order chi connectivity index (χ0) is 14.5. The van der Waals surface area contributed by atoms with Crippen molar-refractivity contribution in [1.82, 2.24) is 25.1 Å². The molecule has 0 saturated carbocycles. The van der Waals surface area contributed by atoms with Gasteiger partial charge in [-0.25, -0.2) is 4.68 Å². The summed E-state index contributed by atoms with van der Waals surface area (Å²) in [6.07, 6.45) is 6.76. The van der Waals surface area contributed by atoms with Crippen LogP contribution in [-0.2, 0) is 11.2 Å². The predicted octanol–water partition coefficient (Wildman–Crippen LogP) is 1.61. The zero-order valence-electron chi connectivity index (χ0n) is 12.0. The van der Waals surface area contributed by atoms with Gasteiger partial charge in [-0.05, 0) is 41.0 Å². The highest BCUT2D eigenvalue weighted by atomic mass is 16.2. The molecule has 2 heterocycles. The average Bonchev–Trinajstić information content (AvgIpc) is 2.90. The molecular weight excluding hydrogens is 266 g/mol. The lowest BCUT2D eigenvalue weighted by Gasteiger charge is -2.20. The first kappa shape index (κ1) is 13.7. The number of hydrogen-bond donors (Lipinski definition) is 0. The van der Waals surface area contributed by atoms with Gasteiger partial charge in [-0.15, -0.1) is 5.10 Å². The molecule has 1 saturated heterocycles. The molecule has 6 heteroatoms. The summed E-state index contributed by atoms with van der Waals surface area (Å²) in [5, 5.41) is 11.1.